The van der Waals surface area contributed by atoms with E-state index >= 15 is 0 Å². The number of rotatable bonds is 20. The summed E-state index contributed by atoms with van der Waals surface area (Å²) in [6, 6.07) is 4.50. The molecule has 0 amide bonds. The molecule has 63 heavy (non-hydrogen) atoms. The van der Waals surface area contributed by atoms with Gasteiger partial charge in [0, 0.05) is 95.2 Å². The lowest BCUT2D eigenvalue weighted by molar-refractivity contribution is -0.0686. The lowest BCUT2D eigenvalue weighted by atomic mass is 10.0. The minimum atomic E-state index is 0. The van der Waals surface area contributed by atoms with Gasteiger partial charge in [0.05, 0.1) is 6.10 Å². The monoisotopic (exact) mass is 902 g/mol. The zero-order chi connectivity index (χ0) is 43.9. The Hall–Kier alpha value is -0.320. The fourth-order valence-corrected chi connectivity index (χ4v) is 8.01. The van der Waals surface area contributed by atoms with Crippen LogP contribution in [-0.4, -0.2) is 182 Å². The standard InChI is InChI=1S/C14H30N2.C13H28N2.C12H26N2.C11H23NO.5CH4/c1-12(2)6-9-15(5)14-7-10-16(11-8-14)13(3)4;1-12(2)6-5-7-14-8-10-15(11-9-14)13(3)4;1-10(2)6-7-13(5)12-8-14(9-12)11(3)4;1-9(2)5-6-13-11-7-12(8-11)10(3)4;;;;;/h12-14H,6-11H2,1-5H3;12-13H,5-11H2,1-4H3;10-12H,6-9H2,1-5H3;9-11H,5-8H2,1-4H3;5*1H4. The summed E-state index contributed by atoms with van der Waals surface area (Å²) in [5, 5.41) is 0. The Balaban J connectivity index is -0.000000232. The first kappa shape index (κ1) is 71.7. The summed E-state index contributed by atoms with van der Waals surface area (Å²) < 4.78 is 5.73. The molecule has 4 rings (SSSR count). The second-order valence-electron chi connectivity index (χ2n) is 21.6. The zero-order valence-corrected chi connectivity index (χ0v) is 42.7. The molecule has 4 heterocycles. The highest BCUT2D eigenvalue weighted by Gasteiger charge is 2.31. The van der Waals surface area contributed by atoms with Crippen molar-refractivity contribution in [3.8, 4) is 0 Å². The van der Waals surface area contributed by atoms with Gasteiger partial charge in [-0.15, -0.1) is 0 Å². The van der Waals surface area contributed by atoms with Gasteiger partial charge >= 0.3 is 0 Å². The second-order valence-corrected chi connectivity index (χ2v) is 21.6. The predicted molar refractivity (Wildman–Crippen MR) is 291 cm³/mol. The van der Waals surface area contributed by atoms with Crippen molar-refractivity contribution in [3.63, 3.8) is 0 Å². The first-order chi connectivity index (χ1) is 27.2. The molecule has 0 radical (unpaired) electrons. The van der Waals surface area contributed by atoms with E-state index in [9.17, 15) is 0 Å². The molecule has 0 bridgehead atoms. The number of piperazine rings is 1. The Morgan fingerprint density at radius 3 is 1.17 bits per heavy atom. The van der Waals surface area contributed by atoms with E-state index in [2.05, 4.69) is 159 Å². The number of ether oxygens (including phenoxy) is 1. The van der Waals surface area contributed by atoms with E-state index in [0.29, 0.717) is 12.1 Å². The summed E-state index contributed by atoms with van der Waals surface area (Å²) >= 11 is 0. The van der Waals surface area contributed by atoms with Crippen LogP contribution >= 0.6 is 0 Å². The van der Waals surface area contributed by atoms with Crippen LogP contribution in [0.2, 0.25) is 0 Å². The molecular weight excluding hydrogens is 775 g/mol. The van der Waals surface area contributed by atoms with Gasteiger partial charge < -0.3 is 24.3 Å². The van der Waals surface area contributed by atoms with Crippen molar-refractivity contribution in [2.24, 2.45) is 23.7 Å². The van der Waals surface area contributed by atoms with Crippen LogP contribution in [0.1, 0.15) is 193 Å². The van der Waals surface area contributed by atoms with Gasteiger partial charge in [0.2, 0.25) is 0 Å². The molecule has 0 unspecified atom stereocenters. The van der Waals surface area contributed by atoms with E-state index in [1.54, 1.807) is 0 Å². The summed E-state index contributed by atoms with van der Waals surface area (Å²) in [7, 11) is 4.57. The van der Waals surface area contributed by atoms with Crippen LogP contribution in [0.3, 0.4) is 0 Å². The van der Waals surface area contributed by atoms with Crippen LogP contribution in [0, 0.1) is 23.7 Å². The Labute approximate surface area is 402 Å². The first-order valence-corrected chi connectivity index (χ1v) is 24.9. The first-order valence-electron chi connectivity index (χ1n) is 24.9. The van der Waals surface area contributed by atoms with Crippen LogP contribution in [0.15, 0.2) is 0 Å². The molecule has 388 valence electrons. The van der Waals surface area contributed by atoms with Gasteiger partial charge in [-0.3, -0.25) is 14.7 Å². The van der Waals surface area contributed by atoms with Crippen molar-refractivity contribution in [1.29, 1.82) is 0 Å². The van der Waals surface area contributed by atoms with Crippen LogP contribution in [-0.2, 0) is 4.74 Å². The third-order valence-electron chi connectivity index (χ3n) is 13.3. The van der Waals surface area contributed by atoms with Crippen LogP contribution in [0.4, 0.5) is 0 Å². The van der Waals surface area contributed by atoms with Gasteiger partial charge in [-0.1, -0.05) is 92.5 Å². The molecule has 0 saturated carbocycles. The third kappa shape index (κ3) is 32.9. The molecule has 8 heteroatoms. The maximum Gasteiger partial charge on any atom is 0.0828 e. The van der Waals surface area contributed by atoms with E-state index in [-0.39, 0.29) is 37.1 Å². The number of piperidine rings is 1. The van der Waals surface area contributed by atoms with Gasteiger partial charge in [-0.2, -0.15) is 0 Å². The molecule has 0 aromatic carbocycles. The zero-order valence-electron chi connectivity index (χ0n) is 42.7. The largest absolute Gasteiger partial charge is 0.376 e. The van der Waals surface area contributed by atoms with Crippen molar-refractivity contribution >= 4 is 0 Å². The molecule has 0 aliphatic carbocycles. The van der Waals surface area contributed by atoms with Crippen molar-refractivity contribution in [1.82, 2.24) is 34.3 Å². The topological polar surface area (TPSA) is 31.9 Å². The van der Waals surface area contributed by atoms with Crippen LogP contribution < -0.4 is 0 Å². The molecular formula is C55H127N7O. The smallest absolute Gasteiger partial charge is 0.0828 e. The van der Waals surface area contributed by atoms with Gasteiger partial charge in [0.15, 0.2) is 0 Å². The Morgan fingerprint density at radius 2 is 0.794 bits per heavy atom. The van der Waals surface area contributed by atoms with Gasteiger partial charge in [0.1, 0.15) is 0 Å². The number of hydrogen-bond donors (Lipinski definition) is 0. The summed E-state index contributed by atoms with van der Waals surface area (Å²) in [6.45, 7) is 53.8. The van der Waals surface area contributed by atoms with Crippen molar-refractivity contribution < 1.29 is 4.74 Å². The number of nitrogens with zero attached hydrogens (tertiary/aromatic N) is 7. The molecule has 0 spiro atoms. The summed E-state index contributed by atoms with van der Waals surface area (Å²) in [5.41, 5.74) is 0. The number of likely N-dealkylation sites (tertiary alicyclic amines) is 3. The fourth-order valence-electron chi connectivity index (χ4n) is 8.01. The molecule has 4 fully saturated rings. The van der Waals surface area contributed by atoms with E-state index in [0.717, 1.165) is 73.6 Å². The highest BCUT2D eigenvalue weighted by molar-refractivity contribution is 4.88. The lowest BCUT2D eigenvalue weighted by Gasteiger charge is -2.46. The Morgan fingerprint density at radius 1 is 0.429 bits per heavy atom. The minimum absolute atomic E-state index is 0. The third-order valence-corrected chi connectivity index (χ3v) is 13.3. The molecule has 0 N–H and O–H groups in total. The molecule has 0 aromatic rings. The van der Waals surface area contributed by atoms with Crippen molar-refractivity contribution in [2.45, 2.75) is 235 Å². The van der Waals surface area contributed by atoms with Crippen molar-refractivity contribution in [2.75, 3.05) is 106 Å². The Kier molecular flexibility index (Phi) is 45.1. The predicted octanol–water partition coefficient (Wildman–Crippen LogP) is 12.7. The average molecular weight is 903 g/mol. The molecule has 0 aromatic heterocycles. The van der Waals surface area contributed by atoms with Crippen molar-refractivity contribution in [3.05, 3.63) is 0 Å². The summed E-state index contributed by atoms with van der Waals surface area (Å²) in [5.74, 6) is 3.29. The molecule has 4 aliphatic heterocycles. The fraction of sp³-hybridized carbons (Fsp3) is 1.00. The maximum atomic E-state index is 5.73. The van der Waals surface area contributed by atoms with Crippen LogP contribution in [0.5, 0.6) is 0 Å². The van der Waals surface area contributed by atoms with E-state index < -0.39 is 0 Å². The van der Waals surface area contributed by atoms with E-state index in [1.165, 1.54) is 117 Å². The number of hydrogen-bond acceptors (Lipinski definition) is 8. The highest BCUT2D eigenvalue weighted by Crippen LogP contribution is 2.19. The molecule has 0 atom stereocenters. The molecule has 4 saturated heterocycles. The van der Waals surface area contributed by atoms with Gasteiger partial charge in [-0.25, -0.2) is 0 Å². The molecule has 4 aliphatic rings. The van der Waals surface area contributed by atoms with E-state index in [1.807, 2.05) is 0 Å². The Bertz CT molecular complexity index is 939. The maximum absolute atomic E-state index is 5.73. The normalized spacial score (nSPS) is 18.5. The average Bonchev–Trinajstić information content (AvgIpc) is 3.10. The lowest BCUT2D eigenvalue weighted by Crippen LogP contribution is -2.60. The minimum Gasteiger partial charge on any atom is -0.376 e. The summed E-state index contributed by atoms with van der Waals surface area (Å²) in [6.07, 6.45) is 9.83. The second kappa shape index (κ2) is 39.7. The van der Waals surface area contributed by atoms with Gasteiger partial charge in [-0.05, 0) is 171 Å². The summed E-state index contributed by atoms with van der Waals surface area (Å²) in [4.78, 5) is 17.9. The van der Waals surface area contributed by atoms with Crippen LogP contribution in [0.25, 0.3) is 0 Å². The SMILES string of the molecule is C.C.C.C.C.CC(C)CCCN1CCN(C(C)C)CC1.CC(C)CCN(C)C1CCN(C(C)C)CC1.CC(C)CCN(C)C1CN(C(C)C)C1.CC(C)CCOC1CN(C(C)C)C1. The highest BCUT2D eigenvalue weighted by atomic mass is 16.5. The van der Waals surface area contributed by atoms with Gasteiger partial charge in [0.25, 0.3) is 0 Å². The number of likely N-dealkylation sites (N-methyl/N-ethyl adjacent to an activating group) is 1. The van der Waals surface area contributed by atoms with E-state index in [4.69, 9.17) is 4.74 Å². The molecule has 8 nitrogen and oxygen atoms in total. The quantitative estimate of drug-likeness (QED) is 0.119.